The summed E-state index contributed by atoms with van der Waals surface area (Å²) < 4.78 is 73.9. The molecule has 0 spiro atoms. The highest BCUT2D eigenvalue weighted by Gasteiger charge is 2.36. The van der Waals surface area contributed by atoms with Crippen molar-refractivity contribution >= 4 is 21.6 Å². The molecule has 9 nitrogen and oxygen atoms in total. The Kier molecular flexibility index (Phi) is 6.89. The van der Waals surface area contributed by atoms with Crippen LogP contribution >= 0.6 is 0 Å². The minimum Gasteiger partial charge on any atom is -0.438 e. The molecule has 38 heavy (non-hydrogen) atoms. The van der Waals surface area contributed by atoms with Crippen molar-refractivity contribution in [2.45, 2.75) is 31.8 Å². The summed E-state index contributed by atoms with van der Waals surface area (Å²) in [6.45, 7) is 5.38. The molecule has 198 valence electrons. The third-order valence-electron chi connectivity index (χ3n) is 5.50. The first-order chi connectivity index (χ1) is 17.8. The minimum absolute atomic E-state index is 0.168. The molecule has 0 aliphatic heterocycles. The molecule has 0 unspecified atom stereocenters. The lowest BCUT2D eigenvalue weighted by Gasteiger charge is -2.16. The zero-order chi connectivity index (χ0) is 27.8. The smallest absolute Gasteiger partial charge is 0.433 e. The number of benzene rings is 2. The summed E-state index contributed by atoms with van der Waals surface area (Å²) in [5.41, 5.74) is 6.08. The van der Waals surface area contributed by atoms with Gasteiger partial charge in [-0.1, -0.05) is 23.8 Å². The Balaban J connectivity index is 1.81. The minimum atomic E-state index is -4.75. The van der Waals surface area contributed by atoms with Crippen molar-refractivity contribution in [3.63, 3.8) is 0 Å². The van der Waals surface area contributed by atoms with Crippen molar-refractivity contribution in [1.82, 2.24) is 19.9 Å². The van der Waals surface area contributed by atoms with Gasteiger partial charge in [-0.25, -0.2) is 18.1 Å². The molecule has 2 aromatic heterocycles. The van der Waals surface area contributed by atoms with Gasteiger partial charge in [-0.2, -0.15) is 18.3 Å². The van der Waals surface area contributed by atoms with E-state index in [9.17, 15) is 26.4 Å². The highest BCUT2D eigenvalue weighted by molar-refractivity contribution is 7.90. The van der Waals surface area contributed by atoms with Crippen molar-refractivity contribution in [2.75, 3.05) is 5.73 Å². The first-order valence-electron chi connectivity index (χ1n) is 11.1. The summed E-state index contributed by atoms with van der Waals surface area (Å²) >= 11 is 0. The van der Waals surface area contributed by atoms with E-state index in [-0.39, 0.29) is 27.4 Å². The van der Waals surface area contributed by atoms with Gasteiger partial charge in [-0.15, -0.1) is 0 Å². The lowest BCUT2D eigenvalue weighted by Crippen LogP contribution is -2.31. The number of ether oxygens (including phenoxy) is 1. The molecular formula is C25H22F3N5O4S. The van der Waals surface area contributed by atoms with Crippen LogP contribution in [-0.2, 0) is 16.2 Å². The Morgan fingerprint density at radius 1 is 1.05 bits per heavy atom. The number of nitrogens with one attached hydrogen (secondary N) is 2. The maximum atomic E-state index is 13.5. The third-order valence-corrected chi connectivity index (χ3v) is 6.83. The fourth-order valence-electron chi connectivity index (χ4n) is 3.88. The number of pyridine rings is 1. The second-order valence-corrected chi connectivity index (χ2v) is 10.2. The molecule has 0 aliphatic carbocycles. The number of amides is 1. The Hall–Kier alpha value is -4.39. The predicted molar refractivity (Wildman–Crippen MR) is 133 cm³/mol. The molecule has 0 bridgehead atoms. The van der Waals surface area contributed by atoms with E-state index in [2.05, 4.69) is 10.1 Å². The number of hydrogen-bond donors (Lipinski definition) is 3. The van der Waals surface area contributed by atoms with E-state index in [1.165, 1.54) is 24.3 Å². The summed E-state index contributed by atoms with van der Waals surface area (Å²) in [7, 11) is -4.35. The summed E-state index contributed by atoms with van der Waals surface area (Å²) in [6, 6.07) is 11.2. The Bertz CT molecular complexity index is 1630. The van der Waals surface area contributed by atoms with Gasteiger partial charge < -0.3 is 10.5 Å². The Morgan fingerprint density at radius 3 is 2.37 bits per heavy atom. The van der Waals surface area contributed by atoms with Crippen molar-refractivity contribution in [3.8, 4) is 22.9 Å². The van der Waals surface area contributed by atoms with E-state index in [0.717, 1.165) is 23.9 Å². The lowest BCUT2D eigenvalue weighted by molar-refractivity contribution is -0.140. The third kappa shape index (κ3) is 5.47. The molecule has 0 aliphatic rings. The van der Waals surface area contributed by atoms with Crippen molar-refractivity contribution < 1.29 is 31.1 Å². The van der Waals surface area contributed by atoms with E-state index in [1.54, 1.807) is 13.8 Å². The number of aromatic nitrogens is 3. The molecule has 2 aromatic carbocycles. The van der Waals surface area contributed by atoms with Crippen molar-refractivity contribution in [3.05, 3.63) is 82.7 Å². The molecule has 13 heteroatoms. The van der Waals surface area contributed by atoms with Crippen LogP contribution in [0.15, 0.2) is 59.6 Å². The van der Waals surface area contributed by atoms with Crippen molar-refractivity contribution in [2.24, 2.45) is 0 Å². The van der Waals surface area contributed by atoms with E-state index < -0.39 is 33.7 Å². The number of nitrogens with two attached hydrogens (primary N) is 1. The van der Waals surface area contributed by atoms with Crippen LogP contribution in [-0.4, -0.2) is 29.5 Å². The quantitative estimate of drug-likeness (QED) is 0.293. The molecule has 0 saturated carbocycles. The second kappa shape index (κ2) is 9.82. The highest BCUT2D eigenvalue weighted by atomic mass is 32.2. The maximum Gasteiger partial charge on any atom is 0.433 e. The summed E-state index contributed by atoms with van der Waals surface area (Å²) in [5.74, 6) is -1.18. The van der Waals surface area contributed by atoms with Crippen LogP contribution < -0.4 is 15.2 Å². The number of nitrogens with zero attached hydrogens (tertiary/aromatic N) is 2. The van der Waals surface area contributed by atoms with Crippen LogP contribution in [0.5, 0.6) is 11.6 Å². The van der Waals surface area contributed by atoms with Gasteiger partial charge in [0.2, 0.25) is 5.88 Å². The normalized spacial score (nSPS) is 11.8. The van der Waals surface area contributed by atoms with Crippen LogP contribution in [0.1, 0.15) is 32.7 Å². The van der Waals surface area contributed by atoms with E-state index >= 15 is 0 Å². The van der Waals surface area contributed by atoms with Gasteiger partial charge in [0.1, 0.15) is 17.0 Å². The van der Waals surface area contributed by atoms with Gasteiger partial charge in [0.25, 0.3) is 15.9 Å². The Morgan fingerprint density at radius 2 is 1.74 bits per heavy atom. The number of carbonyl (C=O) groups is 1. The van der Waals surface area contributed by atoms with Crippen LogP contribution in [0, 0.1) is 20.8 Å². The standard InChI is InChI=1S/C25H22F3N5O4S/c1-13-9-14(2)21(15(3)10-13)37-24-18(23(34)33-38(35,36)17-6-4-5-16(29)11-17)7-8-20(31-24)19-12-30-32-22(19)25(26,27)28/h4-12H,29H2,1-3H3,(H,30,32)(H,33,34). The van der Waals surface area contributed by atoms with Crippen LogP contribution in [0.3, 0.4) is 0 Å². The fourth-order valence-corrected chi connectivity index (χ4v) is 4.90. The summed E-state index contributed by atoms with van der Waals surface area (Å²) in [4.78, 5) is 17.1. The molecule has 0 radical (unpaired) electrons. The molecule has 4 aromatic rings. The fraction of sp³-hybridized carbons (Fsp3) is 0.160. The van der Waals surface area contributed by atoms with Crippen LogP contribution in [0.2, 0.25) is 0 Å². The number of aromatic amines is 1. The zero-order valence-electron chi connectivity index (χ0n) is 20.3. The van der Waals surface area contributed by atoms with Gasteiger partial charge in [0.15, 0.2) is 0 Å². The first kappa shape index (κ1) is 26.7. The topological polar surface area (TPSA) is 140 Å². The van der Waals surface area contributed by atoms with Gasteiger partial charge in [0.05, 0.1) is 22.3 Å². The molecule has 1 amide bonds. The molecule has 0 atom stereocenters. The molecule has 4 N–H and O–H groups in total. The molecule has 2 heterocycles. The van der Waals surface area contributed by atoms with E-state index in [1.807, 2.05) is 28.9 Å². The number of alkyl halides is 3. The average Bonchev–Trinajstić information content (AvgIpc) is 3.32. The lowest BCUT2D eigenvalue weighted by atomic mass is 10.1. The Labute approximate surface area is 215 Å². The van der Waals surface area contributed by atoms with Crippen molar-refractivity contribution in [1.29, 1.82) is 0 Å². The summed E-state index contributed by atoms with van der Waals surface area (Å²) in [6.07, 6.45) is -3.80. The van der Waals surface area contributed by atoms with E-state index in [0.29, 0.717) is 16.9 Å². The number of aryl methyl sites for hydroxylation is 3. The SMILES string of the molecule is Cc1cc(C)c(Oc2nc(-c3cn[nH]c3C(F)(F)F)ccc2C(=O)NS(=O)(=O)c2cccc(N)c2)c(C)c1. The maximum absolute atomic E-state index is 13.5. The monoisotopic (exact) mass is 545 g/mol. The van der Waals surface area contributed by atoms with Gasteiger partial charge in [0, 0.05) is 5.69 Å². The number of sulfonamides is 1. The molecule has 0 fully saturated rings. The second-order valence-electron chi connectivity index (χ2n) is 8.54. The number of H-pyrrole nitrogens is 1. The molecular weight excluding hydrogens is 523 g/mol. The van der Waals surface area contributed by atoms with Crippen LogP contribution in [0.4, 0.5) is 18.9 Å². The molecule has 0 saturated heterocycles. The van der Waals surface area contributed by atoms with E-state index in [4.69, 9.17) is 10.5 Å². The van der Waals surface area contributed by atoms with Gasteiger partial charge in [-0.05, 0) is 62.2 Å². The first-order valence-corrected chi connectivity index (χ1v) is 12.5. The number of rotatable bonds is 6. The predicted octanol–water partition coefficient (Wildman–Crippen LogP) is 4.91. The largest absolute Gasteiger partial charge is 0.438 e. The highest BCUT2D eigenvalue weighted by Crippen LogP contribution is 2.37. The number of halogens is 3. The number of hydrogen-bond acceptors (Lipinski definition) is 7. The van der Waals surface area contributed by atoms with Crippen LogP contribution in [0.25, 0.3) is 11.3 Å². The number of nitrogen functional groups attached to an aromatic ring is 1. The number of anilines is 1. The average molecular weight is 546 g/mol. The number of carbonyl (C=O) groups excluding carboxylic acids is 1. The van der Waals surface area contributed by atoms with Gasteiger partial charge in [-0.3, -0.25) is 9.89 Å². The molecule has 4 rings (SSSR count). The zero-order valence-corrected chi connectivity index (χ0v) is 21.2. The summed E-state index contributed by atoms with van der Waals surface area (Å²) in [5, 5.41) is 5.37. The van der Waals surface area contributed by atoms with Gasteiger partial charge >= 0.3 is 6.18 Å².